The molecule has 2 aliphatic rings. The van der Waals surface area contributed by atoms with Gasteiger partial charge in [0.05, 0.1) is 11.1 Å². The molecule has 2 heterocycles. The van der Waals surface area contributed by atoms with Gasteiger partial charge in [-0.15, -0.1) is 5.10 Å². The zero-order chi connectivity index (χ0) is 18.3. The monoisotopic (exact) mass is 371 g/mol. The summed E-state index contributed by atoms with van der Waals surface area (Å²) in [6, 6.07) is 12.1. The van der Waals surface area contributed by atoms with Crippen LogP contribution in [0.3, 0.4) is 0 Å². The molecule has 0 amide bonds. The summed E-state index contributed by atoms with van der Waals surface area (Å²) in [6.07, 6.45) is 5.32. The number of amidine groups is 1. The van der Waals surface area contributed by atoms with Gasteiger partial charge >= 0.3 is 0 Å². The van der Waals surface area contributed by atoms with Gasteiger partial charge in [-0.3, -0.25) is 4.90 Å². The highest BCUT2D eigenvalue weighted by Crippen LogP contribution is 2.26. The topological polar surface area (TPSA) is 91.0 Å². The molecule has 0 aliphatic carbocycles. The number of fused-ring (bicyclic) bond motifs is 1. The first kappa shape index (κ1) is 16.3. The standard InChI is InChI=1S/C17H14FN5O2S/c18-13-3-1-12(2-4-13)17-21-23-10-9-20-16(23)11-22(17)14-5-7-15(8-6-14)26(19,24)25/h1-11,20H,(H2,19,24,25). The summed E-state index contributed by atoms with van der Waals surface area (Å²) in [7, 11) is -3.77. The Morgan fingerprint density at radius 1 is 1.04 bits per heavy atom. The third-order valence-electron chi connectivity index (χ3n) is 3.92. The second-order valence-electron chi connectivity index (χ2n) is 5.66. The number of primary sulfonamides is 1. The zero-order valence-corrected chi connectivity index (χ0v) is 14.2. The van der Waals surface area contributed by atoms with Crippen molar-refractivity contribution in [3.8, 4) is 0 Å². The van der Waals surface area contributed by atoms with Gasteiger partial charge in [0.1, 0.15) is 11.6 Å². The molecular weight excluding hydrogens is 357 g/mol. The van der Waals surface area contributed by atoms with Gasteiger partial charge in [0.2, 0.25) is 10.0 Å². The third-order valence-corrected chi connectivity index (χ3v) is 4.85. The Hall–Kier alpha value is -3.17. The molecule has 0 spiro atoms. The molecule has 26 heavy (non-hydrogen) atoms. The molecule has 0 fully saturated rings. The highest BCUT2D eigenvalue weighted by atomic mass is 32.2. The lowest BCUT2D eigenvalue weighted by atomic mass is 10.1. The molecule has 0 radical (unpaired) electrons. The number of benzene rings is 2. The Bertz CT molecular complexity index is 1040. The van der Waals surface area contributed by atoms with Gasteiger partial charge in [-0.2, -0.15) is 0 Å². The minimum atomic E-state index is -3.77. The van der Waals surface area contributed by atoms with Crippen molar-refractivity contribution >= 4 is 21.5 Å². The highest BCUT2D eigenvalue weighted by Gasteiger charge is 2.25. The van der Waals surface area contributed by atoms with E-state index in [1.54, 1.807) is 46.6 Å². The molecule has 0 bridgehead atoms. The predicted octanol–water partition coefficient (Wildman–Crippen LogP) is 1.83. The molecule has 7 nitrogen and oxygen atoms in total. The number of sulfonamides is 1. The summed E-state index contributed by atoms with van der Waals surface area (Å²) in [5.41, 5.74) is 1.39. The molecule has 4 rings (SSSR count). The third kappa shape index (κ3) is 2.93. The second kappa shape index (κ2) is 5.97. The van der Waals surface area contributed by atoms with Gasteiger partial charge in [0, 0.05) is 23.7 Å². The number of anilines is 1. The van der Waals surface area contributed by atoms with Gasteiger partial charge in [-0.25, -0.2) is 23.0 Å². The van der Waals surface area contributed by atoms with E-state index in [1.165, 1.54) is 24.3 Å². The normalized spacial score (nSPS) is 16.1. The lowest BCUT2D eigenvalue weighted by Crippen LogP contribution is -2.35. The van der Waals surface area contributed by atoms with Crippen LogP contribution in [-0.2, 0) is 10.0 Å². The van der Waals surface area contributed by atoms with Gasteiger partial charge in [0.15, 0.2) is 5.84 Å². The molecule has 2 aromatic rings. The largest absolute Gasteiger partial charge is 0.344 e. The average Bonchev–Trinajstić information content (AvgIpc) is 3.08. The highest BCUT2D eigenvalue weighted by molar-refractivity contribution is 7.89. The minimum absolute atomic E-state index is 0.0217. The quantitative estimate of drug-likeness (QED) is 0.859. The van der Waals surface area contributed by atoms with Crippen LogP contribution in [0.25, 0.3) is 0 Å². The molecule has 0 saturated heterocycles. The van der Waals surface area contributed by atoms with Gasteiger partial charge in [-0.1, -0.05) is 0 Å². The van der Waals surface area contributed by atoms with Crippen LogP contribution >= 0.6 is 0 Å². The fraction of sp³-hybridized carbons (Fsp3) is 0. The predicted molar refractivity (Wildman–Crippen MR) is 95.4 cm³/mol. The molecular formula is C17H14FN5O2S. The molecule has 9 heteroatoms. The van der Waals surface area contributed by atoms with Crippen molar-refractivity contribution in [2.24, 2.45) is 10.2 Å². The summed E-state index contributed by atoms with van der Waals surface area (Å²) >= 11 is 0. The van der Waals surface area contributed by atoms with E-state index < -0.39 is 10.0 Å². The van der Waals surface area contributed by atoms with E-state index in [2.05, 4.69) is 10.4 Å². The minimum Gasteiger partial charge on any atom is -0.344 e. The lowest BCUT2D eigenvalue weighted by Gasteiger charge is -2.30. The molecule has 2 aliphatic heterocycles. The molecule has 0 saturated carbocycles. The number of rotatable bonds is 3. The lowest BCUT2D eigenvalue weighted by molar-refractivity contribution is 0.489. The molecule has 0 unspecified atom stereocenters. The van der Waals surface area contributed by atoms with Crippen molar-refractivity contribution in [1.82, 2.24) is 10.3 Å². The Labute approximate surface area is 149 Å². The number of hydrogen-bond donors (Lipinski definition) is 2. The van der Waals surface area contributed by atoms with Crippen LogP contribution < -0.4 is 15.4 Å². The Morgan fingerprint density at radius 2 is 1.73 bits per heavy atom. The Kier molecular flexibility index (Phi) is 3.74. The maximum atomic E-state index is 13.3. The van der Waals surface area contributed by atoms with E-state index in [9.17, 15) is 12.8 Å². The number of nitrogens with two attached hydrogens (primary N) is 1. The summed E-state index contributed by atoms with van der Waals surface area (Å²) in [5.74, 6) is 0.949. The molecule has 0 aromatic heterocycles. The van der Waals surface area contributed by atoms with E-state index in [0.29, 0.717) is 17.1 Å². The first-order valence-electron chi connectivity index (χ1n) is 7.63. The van der Waals surface area contributed by atoms with Crippen LogP contribution in [0.1, 0.15) is 5.56 Å². The Morgan fingerprint density at radius 3 is 2.38 bits per heavy atom. The van der Waals surface area contributed by atoms with Gasteiger partial charge in [0.25, 0.3) is 0 Å². The average molecular weight is 371 g/mol. The number of hydrogen-bond acceptors (Lipinski definition) is 6. The van der Waals surface area contributed by atoms with E-state index in [4.69, 9.17) is 5.14 Å². The Balaban J connectivity index is 1.77. The molecule has 132 valence electrons. The summed E-state index contributed by atoms with van der Waals surface area (Å²) in [4.78, 5) is 1.81. The first-order valence-corrected chi connectivity index (χ1v) is 9.17. The number of nitrogens with zero attached hydrogens (tertiary/aromatic N) is 3. The van der Waals surface area contributed by atoms with E-state index in [1.807, 2.05) is 6.20 Å². The van der Waals surface area contributed by atoms with Gasteiger partial charge in [-0.05, 0) is 48.5 Å². The SMILES string of the molecule is NS(=O)(=O)c1ccc(N2C=C3NC=CN3N=C2c2ccc(F)cc2)cc1. The summed E-state index contributed by atoms with van der Waals surface area (Å²) in [5, 5.41) is 14.4. The van der Waals surface area contributed by atoms with Crippen LogP contribution in [0.5, 0.6) is 0 Å². The van der Waals surface area contributed by atoms with Crippen molar-refractivity contribution in [2.45, 2.75) is 4.90 Å². The molecule has 0 atom stereocenters. The molecule has 2 aromatic carbocycles. The van der Waals surface area contributed by atoms with Gasteiger partial charge < -0.3 is 5.32 Å². The number of hydrazone groups is 1. The van der Waals surface area contributed by atoms with Crippen LogP contribution in [0.4, 0.5) is 10.1 Å². The van der Waals surface area contributed by atoms with E-state index in [-0.39, 0.29) is 10.7 Å². The van der Waals surface area contributed by atoms with Crippen LogP contribution in [0.2, 0.25) is 0 Å². The summed E-state index contributed by atoms with van der Waals surface area (Å²) in [6.45, 7) is 0. The van der Waals surface area contributed by atoms with Crippen molar-refractivity contribution in [3.05, 3.63) is 84.3 Å². The fourth-order valence-corrected chi connectivity index (χ4v) is 3.16. The van der Waals surface area contributed by atoms with Crippen molar-refractivity contribution in [3.63, 3.8) is 0 Å². The van der Waals surface area contributed by atoms with Crippen molar-refractivity contribution in [2.75, 3.05) is 4.90 Å². The molecule has 3 N–H and O–H groups in total. The van der Waals surface area contributed by atoms with E-state index in [0.717, 1.165) is 5.82 Å². The second-order valence-corrected chi connectivity index (χ2v) is 7.22. The fourth-order valence-electron chi connectivity index (χ4n) is 2.65. The van der Waals surface area contributed by atoms with E-state index >= 15 is 0 Å². The summed E-state index contributed by atoms with van der Waals surface area (Å²) < 4.78 is 36.2. The van der Waals surface area contributed by atoms with Crippen LogP contribution in [0, 0.1) is 5.82 Å². The van der Waals surface area contributed by atoms with Crippen LogP contribution in [0.15, 0.2) is 82.9 Å². The maximum Gasteiger partial charge on any atom is 0.238 e. The number of halogens is 1. The van der Waals surface area contributed by atoms with Crippen molar-refractivity contribution in [1.29, 1.82) is 0 Å². The van der Waals surface area contributed by atoms with Crippen molar-refractivity contribution < 1.29 is 12.8 Å². The number of nitrogens with one attached hydrogen (secondary N) is 1. The first-order chi connectivity index (χ1) is 12.4. The zero-order valence-electron chi connectivity index (χ0n) is 13.4. The smallest absolute Gasteiger partial charge is 0.238 e. The maximum absolute atomic E-state index is 13.3. The van der Waals surface area contributed by atoms with Crippen LogP contribution in [-0.4, -0.2) is 19.3 Å².